The Morgan fingerprint density at radius 1 is 1.21 bits per heavy atom. The number of ether oxygens (including phenoxy) is 1. The molecule has 1 aromatic carbocycles. The van der Waals surface area contributed by atoms with Crippen molar-refractivity contribution in [2.45, 2.75) is 27.2 Å². The summed E-state index contributed by atoms with van der Waals surface area (Å²) >= 11 is 0. The quantitative estimate of drug-likeness (QED) is 0.540. The summed E-state index contributed by atoms with van der Waals surface area (Å²) in [5, 5.41) is 5.03. The molecule has 1 aliphatic carbocycles. The number of hydrogen-bond donors (Lipinski definition) is 2. The van der Waals surface area contributed by atoms with E-state index in [0.29, 0.717) is 28.6 Å². The van der Waals surface area contributed by atoms with E-state index in [2.05, 4.69) is 41.9 Å². The van der Waals surface area contributed by atoms with Gasteiger partial charge in [-0.1, -0.05) is 25.5 Å². The van der Waals surface area contributed by atoms with Crippen LogP contribution in [0, 0.1) is 17.8 Å². The van der Waals surface area contributed by atoms with Crippen LogP contribution >= 0.6 is 0 Å². The maximum Gasteiger partial charge on any atom is 0.350 e. The lowest BCUT2D eigenvalue weighted by atomic mass is 9.76. The summed E-state index contributed by atoms with van der Waals surface area (Å²) in [6, 6.07) is 5.40. The van der Waals surface area contributed by atoms with E-state index in [1.54, 1.807) is 25.5 Å². The number of rotatable bonds is 3. The van der Waals surface area contributed by atoms with Gasteiger partial charge in [0.15, 0.2) is 0 Å². The molecule has 0 unspecified atom stereocenters. The van der Waals surface area contributed by atoms with Gasteiger partial charge >= 0.3 is 11.2 Å². The van der Waals surface area contributed by atoms with E-state index in [9.17, 15) is 9.59 Å². The molecule has 28 heavy (non-hydrogen) atoms. The smallest absolute Gasteiger partial charge is 0.350 e. The molecule has 0 bridgehead atoms. The molecule has 0 saturated carbocycles. The number of benzene rings is 1. The Labute approximate surface area is 161 Å². The zero-order valence-electron chi connectivity index (χ0n) is 16.4. The maximum absolute atomic E-state index is 12.9. The lowest BCUT2D eigenvalue weighted by molar-refractivity contribution is 0.361. The summed E-state index contributed by atoms with van der Waals surface area (Å²) < 4.78 is 6.13. The minimum absolute atomic E-state index is 0.178. The van der Waals surface area contributed by atoms with Crippen molar-refractivity contribution in [3.05, 3.63) is 50.7 Å². The van der Waals surface area contributed by atoms with Gasteiger partial charge in [-0.15, -0.1) is 4.68 Å². The third-order valence-corrected chi connectivity index (χ3v) is 5.65. The van der Waals surface area contributed by atoms with Gasteiger partial charge in [0, 0.05) is 23.6 Å². The van der Waals surface area contributed by atoms with E-state index >= 15 is 0 Å². The van der Waals surface area contributed by atoms with Crippen molar-refractivity contribution in [3.8, 4) is 5.75 Å². The molecular formula is C21H24N4O3. The third kappa shape index (κ3) is 2.96. The average molecular weight is 380 g/mol. The molecule has 1 aliphatic rings. The van der Waals surface area contributed by atoms with Crippen LogP contribution in [0.15, 0.2) is 44.5 Å². The van der Waals surface area contributed by atoms with Crippen molar-refractivity contribution in [2.24, 2.45) is 22.9 Å². The minimum atomic E-state index is -0.548. The number of fused-ring (bicyclic) bond motifs is 3. The van der Waals surface area contributed by atoms with E-state index < -0.39 is 11.2 Å². The number of nitrogens with zero attached hydrogens (tertiary/aromatic N) is 2. The number of H-pyrrole nitrogens is 2. The Hall–Kier alpha value is -3.09. The summed E-state index contributed by atoms with van der Waals surface area (Å²) in [4.78, 5) is 31.3. The summed E-state index contributed by atoms with van der Waals surface area (Å²) in [7, 11) is 1.58. The second kappa shape index (κ2) is 6.82. The highest BCUT2D eigenvalue weighted by molar-refractivity contribution is 6.04. The lowest BCUT2D eigenvalue weighted by Crippen LogP contribution is -2.33. The molecule has 0 amide bonds. The number of methoxy groups -OCH3 is 1. The molecule has 0 spiro atoms. The van der Waals surface area contributed by atoms with Crippen LogP contribution in [-0.4, -0.2) is 28.0 Å². The standard InChI is InChI=1S/C21H24N4O3/c1-11-7-12(2)16(13(3)8-11)10-22-25-20(26)19-18(24-21(25)27)15-6-5-14(28-4)9-17(15)23-19/h5-7,9-10,12-13,16,23H,8H2,1-4H3,(H,24,27)/b22-10-/t12-,13+,16-/m0/s1. The van der Waals surface area contributed by atoms with Gasteiger partial charge in [0.1, 0.15) is 11.3 Å². The van der Waals surface area contributed by atoms with Crippen LogP contribution in [0.2, 0.25) is 0 Å². The number of allylic oxidation sites excluding steroid dienone is 2. The van der Waals surface area contributed by atoms with Crippen LogP contribution < -0.4 is 16.0 Å². The van der Waals surface area contributed by atoms with Crippen molar-refractivity contribution in [3.63, 3.8) is 0 Å². The molecule has 146 valence electrons. The van der Waals surface area contributed by atoms with Gasteiger partial charge in [-0.2, -0.15) is 5.10 Å². The van der Waals surface area contributed by atoms with Gasteiger partial charge in [0.05, 0.1) is 18.1 Å². The second-order valence-electron chi connectivity index (χ2n) is 7.73. The van der Waals surface area contributed by atoms with Crippen molar-refractivity contribution in [1.82, 2.24) is 14.6 Å². The molecule has 0 aliphatic heterocycles. The molecule has 2 N–H and O–H groups in total. The first-order valence-electron chi connectivity index (χ1n) is 9.45. The van der Waals surface area contributed by atoms with E-state index in [1.165, 1.54) is 5.57 Å². The molecule has 3 aromatic rings. The maximum atomic E-state index is 12.9. The predicted octanol–water partition coefficient (Wildman–Crippen LogP) is 3.25. The van der Waals surface area contributed by atoms with Gasteiger partial charge in [-0.05, 0) is 37.3 Å². The van der Waals surface area contributed by atoms with Crippen LogP contribution in [-0.2, 0) is 0 Å². The zero-order chi connectivity index (χ0) is 20.0. The fourth-order valence-electron chi connectivity index (χ4n) is 4.27. The predicted molar refractivity (Wildman–Crippen MR) is 111 cm³/mol. The molecule has 7 heteroatoms. The lowest BCUT2D eigenvalue weighted by Gasteiger charge is -2.29. The van der Waals surface area contributed by atoms with Crippen LogP contribution in [0.4, 0.5) is 0 Å². The summed E-state index contributed by atoms with van der Waals surface area (Å²) in [6.07, 6.45) is 4.97. The van der Waals surface area contributed by atoms with Gasteiger partial charge < -0.3 is 14.7 Å². The highest BCUT2D eigenvalue weighted by atomic mass is 16.5. The minimum Gasteiger partial charge on any atom is -0.497 e. The SMILES string of the molecule is COc1ccc2c(c1)[nH]c1c(=O)n(/N=C\[C@@H]3[C@H](C)CC(C)=C[C@@H]3C)c(=O)[nH]c12. The number of nitrogens with one attached hydrogen (secondary N) is 2. The number of hydrogen-bond acceptors (Lipinski definition) is 4. The summed E-state index contributed by atoms with van der Waals surface area (Å²) in [6.45, 7) is 6.44. The van der Waals surface area contributed by atoms with Gasteiger partial charge in [0.2, 0.25) is 0 Å². The summed E-state index contributed by atoms with van der Waals surface area (Å²) in [5.41, 5.74) is 1.88. The molecule has 0 saturated heterocycles. The first-order valence-corrected chi connectivity index (χ1v) is 9.45. The number of aromatic amines is 2. The molecule has 3 atom stereocenters. The van der Waals surface area contributed by atoms with Crippen LogP contribution in [0.25, 0.3) is 21.9 Å². The molecule has 0 radical (unpaired) electrons. The Bertz CT molecular complexity index is 1230. The third-order valence-electron chi connectivity index (χ3n) is 5.65. The Balaban J connectivity index is 1.81. The van der Waals surface area contributed by atoms with Crippen molar-refractivity contribution >= 4 is 28.2 Å². The molecule has 0 fully saturated rings. The van der Waals surface area contributed by atoms with Crippen LogP contribution in [0.1, 0.15) is 27.2 Å². The molecule has 4 rings (SSSR count). The van der Waals surface area contributed by atoms with Gasteiger partial charge in [-0.3, -0.25) is 4.79 Å². The normalized spacial score (nSPS) is 22.9. The topological polar surface area (TPSA) is 92.2 Å². The Kier molecular flexibility index (Phi) is 4.45. The molecular weight excluding hydrogens is 356 g/mol. The van der Waals surface area contributed by atoms with Gasteiger partial charge in [-0.25, -0.2) is 4.79 Å². The van der Waals surface area contributed by atoms with Gasteiger partial charge in [0.25, 0.3) is 0 Å². The fourth-order valence-corrected chi connectivity index (χ4v) is 4.27. The Morgan fingerprint density at radius 3 is 2.71 bits per heavy atom. The van der Waals surface area contributed by atoms with Crippen molar-refractivity contribution in [1.29, 1.82) is 0 Å². The zero-order valence-corrected chi connectivity index (χ0v) is 16.4. The second-order valence-corrected chi connectivity index (χ2v) is 7.73. The molecule has 2 heterocycles. The van der Waals surface area contributed by atoms with E-state index in [-0.39, 0.29) is 5.92 Å². The first kappa shape index (κ1) is 18.3. The highest BCUT2D eigenvalue weighted by Crippen LogP contribution is 2.32. The Morgan fingerprint density at radius 2 is 2.00 bits per heavy atom. The van der Waals surface area contributed by atoms with Crippen molar-refractivity contribution < 1.29 is 4.74 Å². The highest BCUT2D eigenvalue weighted by Gasteiger charge is 2.25. The average Bonchev–Trinajstić information content (AvgIpc) is 3.01. The number of aromatic nitrogens is 3. The van der Waals surface area contributed by atoms with Crippen molar-refractivity contribution in [2.75, 3.05) is 7.11 Å². The summed E-state index contributed by atoms with van der Waals surface area (Å²) in [5.74, 6) is 1.57. The fraction of sp³-hybridized carbons (Fsp3) is 0.381. The van der Waals surface area contributed by atoms with Crippen LogP contribution in [0.5, 0.6) is 5.75 Å². The van der Waals surface area contributed by atoms with E-state index in [4.69, 9.17) is 4.74 Å². The monoisotopic (exact) mass is 380 g/mol. The van der Waals surface area contributed by atoms with E-state index in [1.807, 2.05) is 6.07 Å². The molecule has 2 aromatic heterocycles. The molecule has 7 nitrogen and oxygen atoms in total. The largest absolute Gasteiger partial charge is 0.497 e. The van der Waals surface area contributed by atoms with Crippen LogP contribution in [0.3, 0.4) is 0 Å². The van der Waals surface area contributed by atoms with E-state index in [0.717, 1.165) is 22.0 Å². The first-order chi connectivity index (χ1) is 13.4.